The third-order valence-electron chi connectivity index (χ3n) is 9.04. The molecule has 3 aliphatic rings. The van der Waals surface area contributed by atoms with Crippen LogP contribution in [0.25, 0.3) is 11.0 Å². The van der Waals surface area contributed by atoms with Gasteiger partial charge in [-0.1, -0.05) is 54.6 Å². The van der Waals surface area contributed by atoms with Gasteiger partial charge < -0.3 is 25.4 Å². The number of aromatic nitrogens is 3. The fourth-order valence-corrected chi connectivity index (χ4v) is 7.10. The fourth-order valence-electron chi connectivity index (χ4n) is 7.10. The molecule has 3 aromatic rings. The van der Waals surface area contributed by atoms with Crippen LogP contribution >= 0.6 is 0 Å². The van der Waals surface area contributed by atoms with E-state index in [9.17, 15) is 19.5 Å². The van der Waals surface area contributed by atoms with Crippen molar-refractivity contribution in [3.63, 3.8) is 0 Å². The number of aliphatic hydroxyl groups excluding tert-OH is 1. The zero-order valence-corrected chi connectivity index (χ0v) is 22.6. The lowest BCUT2D eigenvalue weighted by atomic mass is 9.62. The van der Waals surface area contributed by atoms with Gasteiger partial charge in [-0.25, -0.2) is 4.68 Å². The third-order valence-corrected chi connectivity index (χ3v) is 9.04. The highest BCUT2D eigenvalue weighted by molar-refractivity contribution is 5.99. The average molecular weight is 547 g/mol. The van der Waals surface area contributed by atoms with Crippen molar-refractivity contribution in [1.29, 1.82) is 0 Å². The molecule has 2 bridgehead atoms. The minimum Gasteiger partial charge on any atom is -0.396 e. The quantitative estimate of drug-likeness (QED) is 0.367. The third kappa shape index (κ3) is 3.98. The standard InChI is InChI=1S/C29H34N6O5/c1-18-15-29-23(22(28(18,2)40-29)25(37)30-16-19-9-4-3-5-10-19)27(39)34(13-8-14-36)24(29)26(38)31-17-35-21-12-7-6-11-20(21)32-33-35/h3-7,9-12,18,22-24,36H,8,13-17H2,1-2H3,(H,30,37)(H,31,38)/t18?,22-,23+,24?,28+,29?/m1/s1. The van der Waals surface area contributed by atoms with E-state index in [0.717, 1.165) is 11.1 Å². The molecule has 3 unspecified atom stereocenters. The Morgan fingerprint density at radius 1 is 1.10 bits per heavy atom. The Labute approximate surface area is 231 Å². The first-order valence-corrected chi connectivity index (χ1v) is 13.8. The molecule has 6 atom stereocenters. The molecule has 3 N–H and O–H groups in total. The van der Waals surface area contributed by atoms with Gasteiger partial charge in [0.05, 0.1) is 23.0 Å². The number of benzene rings is 2. The number of hydrogen-bond donors (Lipinski definition) is 3. The molecule has 0 saturated carbocycles. The predicted octanol–water partition coefficient (Wildman–Crippen LogP) is 1.21. The Morgan fingerprint density at radius 3 is 2.62 bits per heavy atom. The molecule has 3 fully saturated rings. The van der Waals surface area contributed by atoms with Gasteiger partial charge in [0.2, 0.25) is 17.7 Å². The van der Waals surface area contributed by atoms with E-state index in [1.54, 1.807) is 4.68 Å². The van der Waals surface area contributed by atoms with Gasteiger partial charge in [-0.3, -0.25) is 14.4 Å². The van der Waals surface area contributed by atoms with Crippen molar-refractivity contribution in [3.8, 4) is 0 Å². The minimum atomic E-state index is -1.15. The number of carbonyl (C=O) groups excluding carboxylic acids is 3. The molecule has 210 valence electrons. The van der Waals surface area contributed by atoms with Gasteiger partial charge in [-0.05, 0) is 43.4 Å². The van der Waals surface area contributed by atoms with E-state index in [1.807, 2.05) is 68.4 Å². The molecule has 3 aliphatic heterocycles. The number of para-hydroxylation sites is 1. The van der Waals surface area contributed by atoms with E-state index < -0.39 is 29.1 Å². The monoisotopic (exact) mass is 546 g/mol. The summed E-state index contributed by atoms with van der Waals surface area (Å²) in [6.45, 7) is 4.35. The molecule has 1 aromatic heterocycles. The number of hydrogen-bond acceptors (Lipinski definition) is 7. The summed E-state index contributed by atoms with van der Waals surface area (Å²) in [5, 5.41) is 23.8. The van der Waals surface area contributed by atoms with Gasteiger partial charge in [-0.2, -0.15) is 0 Å². The van der Waals surface area contributed by atoms with Crippen molar-refractivity contribution in [2.75, 3.05) is 13.2 Å². The molecular weight excluding hydrogens is 512 g/mol. The first kappa shape index (κ1) is 26.4. The molecule has 2 aromatic carbocycles. The van der Waals surface area contributed by atoms with Gasteiger partial charge in [0.1, 0.15) is 23.8 Å². The lowest BCUT2D eigenvalue weighted by Gasteiger charge is -2.36. The summed E-state index contributed by atoms with van der Waals surface area (Å²) in [6.07, 6.45) is 0.784. The Morgan fingerprint density at radius 2 is 1.85 bits per heavy atom. The van der Waals surface area contributed by atoms with E-state index in [4.69, 9.17) is 4.74 Å². The van der Waals surface area contributed by atoms with E-state index in [1.165, 1.54) is 4.90 Å². The maximum Gasteiger partial charge on any atom is 0.247 e. The second kappa shape index (κ2) is 9.97. The number of likely N-dealkylation sites (tertiary alicyclic amines) is 1. The Balaban J connectivity index is 1.29. The summed E-state index contributed by atoms with van der Waals surface area (Å²) in [4.78, 5) is 43.2. The molecule has 0 radical (unpaired) electrons. The number of rotatable bonds is 9. The van der Waals surface area contributed by atoms with E-state index in [2.05, 4.69) is 20.9 Å². The highest BCUT2D eigenvalue weighted by Gasteiger charge is 2.79. The number of aliphatic hydroxyl groups is 1. The first-order valence-electron chi connectivity index (χ1n) is 13.8. The summed E-state index contributed by atoms with van der Waals surface area (Å²) in [7, 11) is 0. The lowest BCUT2D eigenvalue weighted by molar-refractivity contribution is -0.148. The second-order valence-corrected chi connectivity index (χ2v) is 11.3. The van der Waals surface area contributed by atoms with Gasteiger partial charge in [-0.15, -0.1) is 5.10 Å². The van der Waals surface area contributed by atoms with Crippen LogP contribution in [0.1, 0.15) is 32.3 Å². The summed E-state index contributed by atoms with van der Waals surface area (Å²) in [5.41, 5.74) is 0.384. The predicted molar refractivity (Wildman–Crippen MR) is 144 cm³/mol. The van der Waals surface area contributed by atoms with E-state index in [-0.39, 0.29) is 43.5 Å². The zero-order valence-electron chi connectivity index (χ0n) is 22.6. The van der Waals surface area contributed by atoms with Crippen LogP contribution in [0.15, 0.2) is 54.6 Å². The molecule has 0 aliphatic carbocycles. The van der Waals surface area contributed by atoms with Crippen molar-refractivity contribution < 1.29 is 24.2 Å². The fraction of sp³-hybridized carbons (Fsp3) is 0.483. The Hall–Kier alpha value is -3.83. The number of ether oxygens (including phenoxy) is 1. The molecule has 11 heteroatoms. The first-order chi connectivity index (χ1) is 19.3. The van der Waals surface area contributed by atoms with Crippen molar-refractivity contribution in [3.05, 3.63) is 60.2 Å². The lowest BCUT2D eigenvalue weighted by Crippen LogP contribution is -2.56. The number of amides is 3. The molecule has 3 amide bonds. The molecule has 4 heterocycles. The van der Waals surface area contributed by atoms with Crippen molar-refractivity contribution >= 4 is 28.8 Å². The van der Waals surface area contributed by atoms with Crippen LogP contribution in [0.4, 0.5) is 0 Å². The topological polar surface area (TPSA) is 139 Å². The Bertz CT molecular complexity index is 1440. The van der Waals surface area contributed by atoms with Crippen molar-refractivity contribution in [2.24, 2.45) is 17.8 Å². The largest absolute Gasteiger partial charge is 0.396 e. The summed E-state index contributed by atoms with van der Waals surface area (Å²) < 4.78 is 8.30. The average Bonchev–Trinajstić information content (AvgIpc) is 3.63. The minimum absolute atomic E-state index is 0.0589. The smallest absolute Gasteiger partial charge is 0.247 e. The number of carbonyl (C=O) groups is 3. The maximum absolute atomic E-state index is 14.0. The van der Waals surface area contributed by atoms with Crippen LogP contribution in [0, 0.1) is 17.8 Å². The summed E-state index contributed by atoms with van der Waals surface area (Å²) >= 11 is 0. The maximum atomic E-state index is 14.0. The number of nitrogens with zero attached hydrogens (tertiary/aromatic N) is 4. The number of fused-ring (bicyclic) bond motifs is 2. The molecule has 1 spiro atoms. The Kier molecular flexibility index (Phi) is 6.58. The van der Waals surface area contributed by atoms with E-state index in [0.29, 0.717) is 24.9 Å². The van der Waals surface area contributed by atoms with Crippen LogP contribution in [-0.2, 0) is 32.3 Å². The zero-order chi connectivity index (χ0) is 28.1. The van der Waals surface area contributed by atoms with Crippen molar-refractivity contribution in [2.45, 2.75) is 57.1 Å². The second-order valence-electron chi connectivity index (χ2n) is 11.3. The highest BCUT2D eigenvalue weighted by atomic mass is 16.5. The molecule has 6 rings (SSSR count). The van der Waals surface area contributed by atoms with Crippen molar-refractivity contribution in [1.82, 2.24) is 30.5 Å². The highest BCUT2D eigenvalue weighted by Crippen LogP contribution is 2.65. The van der Waals surface area contributed by atoms with Crippen LogP contribution in [0.5, 0.6) is 0 Å². The van der Waals surface area contributed by atoms with Gasteiger partial charge in [0.25, 0.3) is 0 Å². The van der Waals surface area contributed by atoms with Gasteiger partial charge >= 0.3 is 0 Å². The van der Waals surface area contributed by atoms with Gasteiger partial charge in [0, 0.05) is 19.7 Å². The normalized spacial score (nSPS) is 30.6. The van der Waals surface area contributed by atoms with Crippen LogP contribution in [0.2, 0.25) is 0 Å². The van der Waals surface area contributed by atoms with E-state index >= 15 is 0 Å². The van der Waals surface area contributed by atoms with Crippen LogP contribution in [-0.4, -0.2) is 73.1 Å². The van der Waals surface area contributed by atoms with Gasteiger partial charge in [0.15, 0.2) is 0 Å². The summed E-state index contributed by atoms with van der Waals surface area (Å²) in [6, 6.07) is 16.1. The van der Waals surface area contributed by atoms with Crippen LogP contribution < -0.4 is 10.6 Å². The summed E-state index contributed by atoms with van der Waals surface area (Å²) in [5.74, 6) is -2.52. The molecule has 3 saturated heterocycles. The van der Waals surface area contributed by atoms with Crippen LogP contribution in [0.3, 0.4) is 0 Å². The molecular formula is C29H34N6O5. The SMILES string of the molecule is CC1CC23O[C@]1(C)[C@@H](C(=O)NCc1ccccc1)[C@H]2C(=O)N(CCCO)C3C(=O)NCn1nnc2ccccc21. The molecule has 11 nitrogen and oxygen atoms in total. The molecule has 40 heavy (non-hydrogen) atoms. The number of nitrogens with one attached hydrogen (secondary N) is 2.